The second-order valence-electron chi connectivity index (χ2n) is 5.66. The molecule has 3 atom stereocenters. The summed E-state index contributed by atoms with van der Waals surface area (Å²) in [6.07, 6.45) is 4.16. The van der Waals surface area contributed by atoms with Crippen LogP contribution in [0.4, 0.5) is 0 Å². The number of nitrogens with two attached hydrogens (primary N) is 1. The highest BCUT2D eigenvalue weighted by Gasteiger charge is 2.37. The molecule has 0 aromatic carbocycles. The summed E-state index contributed by atoms with van der Waals surface area (Å²) < 4.78 is 0. The van der Waals surface area contributed by atoms with Gasteiger partial charge in [0.05, 0.1) is 12.4 Å². The first-order valence-corrected chi connectivity index (χ1v) is 8.24. The molecule has 0 saturated carbocycles. The van der Waals surface area contributed by atoms with Gasteiger partial charge in [-0.05, 0) is 12.8 Å². The molecule has 24 heavy (non-hydrogen) atoms. The largest absolute Gasteiger partial charge is 0.480 e. The Labute approximate surface area is 144 Å². The Bertz CT molecular complexity index is 594. The lowest BCUT2D eigenvalue weighted by molar-refractivity contribution is -0.144. The van der Waals surface area contributed by atoms with Crippen LogP contribution in [0.3, 0.4) is 0 Å². The molecule has 2 rings (SSSR count). The molecule has 2 amide bonds. The monoisotopic (exact) mass is 355 g/mol. The van der Waals surface area contributed by atoms with E-state index in [1.165, 1.54) is 17.4 Å². The molecule has 5 N–H and O–H groups in total. The van der Waals surface area contributed by atoms with Crippen LogP contribution in [-0.4, -0.2) is 68.2 Å². The van der Waals surface area contributed by atoms with Crippen molar-refractivity contribution in [1.29, 1.82) is 0 Å². The lowest BCUT2D eigenvalue weighted by Gasteiger charge is -2.27. The Hall–Kier alpha value is -2.07. The van der Waals surface area contributed by atoms with Gasteiger partial charge in [0.2, 0.25) is 11.8 Å². The number of nitrogens with one attached hydrogen (secondary N) is 2. The van der Waals surface area contributed by atoms with Crippen molar-refractivity contribution in [3.8, 4) is 0 Å². The van der Waals surface area contributed by atoms with E-state index in [1.807, 2.05) is 0 Å². The lowest BCUT2D eigenvalue weighted by Crippen LogP contribution is -2.54. The first-order valence-electron chi connectivity index (χ1n) is 7.61. The second-order valence-corrected chi connectivity index (χ2v) is 6.02. The minimum atomic E-state index is -1.15. The molecule has 1 aliphatic heterocycles. The maximum atomic E-state index is 12.5. The Morgan fingerprint density at radius 1 is 1.54 bits per heavy atom. The number of amides is 2. The van der Waals surface area contributed by atoms with Crippen LogP contribution >= 0.6 is 12.6 Å². The summed E-state index contributed by atoms with van der Waals surface area (Å²) in [6, 6.07) is -2.58. The number of aromatic amines is 1. The number of thiol groups is 1. The van der Waals surface area contributed by atoms with Gasteiger partial charge in [0, 0.05) is 30.6 Å². The Morgan fingerprint density at radius 2 is 2.29 bits per heavy atom. The number of hydrogen-bond acceptors (Lipinski definition) is 6. The number of aromatic nitrogens is 2. The fourth-order valence-corrected chi connectivity index (χ4v) is 2.83. The van der Waals surface area contributed by atoms with E-state index < -0.39 is 30.0 Å². The normalized spacial score (nSPS) is 19.8. The molecule has 1 aromatic heterocycles. The molecule has 0 aliphatic carbocycles. The quantitative estimate of drug-likeness (QED) is 0.388. The topological polar surface area (TPSA) is 141 Å². The summed E-state index contributed by atoms with van der Waals surface area (Å²) in [6.45, 7) is 0.427. The number of carbonyl (C=O) groups is 3. The number of imidazole rings is 1. The number of H-pyrrole nitrogens is 1. The summed E-state index contributed by atoms with van der Waals surface area (Å²) in [5.74, 6) is -1.80. The predicted octanol–water partition coefficient (Wildman–Crippen LogP) is -1.23. The summed E-state index contributed by atoms with van der Waals surface area (Å²) in [5.41, 5.74) is 6.29. The summed E-state index contributed by atoms with van der Waals surface area (Å²) in [4.78, 5) is 44.1. The zero-order valence-electron chi connectivity index (χ0n) is 13.0. The SMILES string of the molecule is NC(CS)C(=O)N1CCCC1C(=O)NC(Cc1cnc[nH]1)C(=O)O. The molecule has 1 fully saturated rings. The van der Waals surface area contributed by atoms with Gasteiger partial charge in [-0.3, -0.25) is 9.59 Å². The van der Waals surface area contributed by atoms with E-state index in [2.05, 4.69) is 27.9 Å². The number of likely N-dealkylation sites (tertiary alicyclic amines) is 1. The van der Waals surface area contributed by atoms with Crippen molar-refractivity contribution in [3.63, 3.8) is 0 Å². The first kappa shape index (κ1) is 18.3. The van der Waals surface area contributed by atoms with E-state index in [-0.39, 0.29) is 18.1 Å². The van der Waals surface area contributed by atoms with Gasteiger partial charge in [-0.2, -0.15) is 12.6 Å². The van der Waals surface area contributed by atoms with Crippen LogP contribution in [0.15, 0.2) is 12.5 Å². The summed E-state index contributed by atoms with van der Waals surface area (Å²) in [7, 11) is 0. The van der Waals surface area contributed by atoms with Gasteiger partial charge in [-0.15, -0.1) is 0 Å². The molecule has 0 bridgehead atoms. The van der Waals surface area contributed by atoms with Crippen molar-refractivity contribution in [2.24, 2.45) is 5.73 Å². The third kappa shape index (κ3) is 4.26. The number of carboxylic acids is 1. The fourth-order valence-electron chi connectivity index (χ4n) is 2.68. The minimum absolute atomic E-state index is 0.0812. The fraction of sp³-hybridized carbons (Fsp3) is 0.571. The highest BCUT2D eigenvalue weighted by molar-refractivity contribution is 7.80. The molecule has 3 unspecified atom stereocenters. The standard InChI is InChI=1S/C14H21N5O4S/c15-9(6-24)13(21)19-3-1-2-11(19)12(20)18-10(14(22)23)4-8-5-16-7-17-8/h5,7,9-11,24H,1-4,6,15H2,(H,16,17)(H,18,20)(H,22,23). The maximum Gasteiger partial charge on any atom is 0.326 e. The molecular formula is C14H21N5O4S. The van der Waals surface area contributed by atoms with E-state index in [1.54, 1.807) is 0 Å². The average molecular weight is 355 g/mol. The van der Waals surface area contributed by atoms with Gasteiger partial charge in [-0.1, -0.05) is 0 Å². The number of carbonyl (C=O) groups excluding carboxylic acids is 2. The molecule has 0 spiro atoms. The van der Waals surface area contributed by atoms with Crippen LogP contribution in [-0.2, 0) is 20.8 Å². The highest BCUT2D eigenvalue weighted by atomic mass is 32.1. The van der Waals surface area contributed by atoms with E-state index in [9.17, 15) is 19.5 Å². The smallest absolute Gasteiger partial charge is 0.326 e. The third-order valence-electron chi connectivity index (χ3n) is 3.95. The van der Waals surface area contributed by atoms with Gasteiger partial charge in [0.25, 0.3) is 0 Å². The zero-order valence-corrected chi connectivity index (χ0v) is 13.9. The van der Waals surface area contributed by atoms with Crippen LogP contribution in [0.5, 0.6) is 0 Å². The average Bonchev–Trinajstić information content (AvgIpc) is 3.23. The summed E-state index contributed by atoms with van der Waals surface area (Å²) in [5, 5.41) is 11.8. The third-order valence-corrected chi connectivity index (χ3v) is 4.34. The van der Waals surface area contributed by atoms with E-state index in [0.29, 0.717) is 25.1 Å². The van der Waals surface area contributed by atoms with Gasteiger partial charge >= 0.3 is 5.97 Å². The van der Waals surface area contributed by atoms with Crippen molar-refractivity contribution in [2.45, 2.75) is 37.4 Å². The van der Waals surface area contributed by atoms with Crippen molar-refractivity contribution >= 4 is 30.4 Å². The van der Waals surface area contributed by atoms with Crippen LogP contribution in [0.1, 0.15) is 18.5 Å². The van der Waals surface area contributed by atoms with Crippen molar-refractivity contribution < 1.29 is 19.5 Å². The first-order chi connectivity index (χ1) is 11.4. The number of rotatable bonds is 7. The zero-order chi connectivity index (χ0) is 17.7. The van der Waals surface area contributed by atoms with Crippen LogP contribution < -0.4 is 11.1 Å². The predicted molar refractivity (Wildman–Crippen MR) is 88.4 cm³/mol. The Kier molecular flexibility index (Phi) is 6.21. The van der Waals surface area contributed by atoms with E-state index in [0.717, 1.165) is 0 Å². The number of nitrogens with zero attached hydrogens (tertiary/aromatic N) is 2. The summed E-state index contributed by atoms with van der Waals surface area (Å²) >= 11 is 4.00. The Balaban J connectivity index is 2.03. The van der Waals surface area contributed by atoms with Crippen LogP contribution in [0, 0.1) is 0 Å². The van der Waals surface area contributed by atoms with Gasteiger partial charge < -0.3 is 26.0 Å². The minimum Gasteiger partial charge on any atom is -0.480 e. The van der Waals surface area contributed by atoms with E-state index >= 15 is 0 Å². The van der Waals surface area contributed by atoms with Crippen LogP contribution in [0.25, 0.3) is 0 Å². The number of aliphatic carboxylic acids is 1. The molecule has 9 nitrogen and oxygen atoms in total. The number of hydrogen-bond donors (Lipinski definition) is 5. The van der Waals surface area contributed by atoms with Crippen molar-refractivity contribution in [3.05, 3.63) is 18.2 Å². The highest BCUT2D eigenvalue weighted by Crippen LogP contribution is 2.19. The Morgan fingerprint density at radius 3 is 2.88 bits per heavy atom. The maximum absolute atomic E-state index is 12.5. The van der Waals surface area contributed by atoms with Gasteiger partial charge in [0.15, 0.2) is 0 Å². The molecule has 1 saturated heterocycles. The molecule has 1 aliphatic rings. The van der Waals surface area contributed by atoms with Gasteiger partial charge in [0.1, 0.15) is 12.1 Å². The molecule has 1 aromatic rings. The molecular weight excluding hydrogens is 334 g/mol. The van der Waals surface area contributed by atoms with Gasteiger partial charge in [-0.25, -0.2) is 9.78 Å². The molecule has 10 heteroatoms. The van der Waals surface area contributed by atoms with Crippen LogP contribution in [0.2, 0.25) is 0 Å². The molecule has 132 valence electrons. The second kappa shape index (κ2) is 8.15. The van der Waals surface area contributed by atoms with Crippen molar-refractivity contribution in [2.75, 3.05) is 12.3 Å². The molecule has 0 radical (unpaired) electrons. The number of carboxylic acid groups (broad SMARTS) is 1. The van der Waals surface area contributed by atoms with E-state index in [4.69, 9.17) is 5.73 Å². The molecule has 2 heterocycles. The lowest BCUT2D eigenvalue weighted by atomic mass is 10.1. The van der Waals surface area contributed by atoms with Crippen molar-refractivity contribution in [1.82, 2.24) is 20.2 Å².